The molecule has 0 aromatic rings. The number of carbonyl (C=O) groups excluding carboxylic acids is 1. The van der Waals surface area contributed by atoms with Gasteiger partial charge in [-0.05, 0) is 37.0 Å². The first-order valence-electron chi connectivity index (χ1n) is 8.08. The minimum absolute atomic E-state index is 0.211. The Bertz CT molecular complexity index is 702. The molecule has 1 fully saturated rings. The van der Waals surface area contributed by atoms with E-state index in [0.717, 1.165) is 19.3 Å². The van der Waals surface area contributed by atoms with E-state index in [4.69, 9.17) is 9.47 Å². The van der Waals surface area contributed by atoms with Crippen LogP contribution < -0.4 is 0 Å². The molecule has 2 aliphatic heterocycles. The van der Waals surface area contributed by atoms with Crippen LogP contribution in [-0.4, -0.2) is 40.3 Å². The number of rotatable bonds is 3. The van der Waals surface area contributed by atoms with Gasteiger partial charge in [0.25, 0.3) is 0 Å². The summed E-state index contributed by atoms with van der Waals surface area (Å²) in [5.74, 6) is 0.238. The van der Waals surface area contributed by atoms with Crippen molar-refractivity contribution in [2.75, 3.05) is 19.0 Å². The van der Waals surface area contributed by atoms with Gasteiger partial charge >= 0.3 is 5.97 Å². The van der Waals surface area contributed by atoms with E-state index in [1.54, 1.807) is 6.92 Å². The van der Waals surface area contributed by atoms with Gasteiger partial charge in [0.2, 0.25) is 0 Å². The Kier molecular flexibility index (Phi) is 5.72. The number of esters is 1. The molecule has 2 heterocycles. The molecule has 126 valence electrons. The molecule has 2 atom stereocenters. The largest absolute Gasteiger partial charge is 0.462 e. The summed E-state index contributed by atoms with van der Waals surface area (Å²) >= 11 is 0. The van der Waals surface area contributed by atoms with Gasteiger partial charge in [0, 0.05) is 12.2 Å². The topological polar surface area (TPSA) is 59.3 Å². The van der Waals surface area contributed by atoms with Gasteiger partial charge in [0.15, 0.2) is 4.86 Å². The quantitative estimate of drug-likeness (QED) is 0.586. The van der Waals surface area contributed by atoms with Gasteiger partial charge in [-0.1, -0.05) is 25.2 Å². The first-order valence-corrected chi connectivity index (χ1v) is 9.95. The van der Waals surface area contributed by atoms with E-state index in [0.29, 0.717) is 12.4 Å². The van der Waals surface area contributed by atoms with E-state index < -0.39 is 15.2 Å². The molecule has 0 aromatic heterocycles. The molecule has 5 heteroatoms. The van der Waals surface area contributed by atoms with Gasteiger partial charge in [-0.3, -0.25) is 0 Å². The van der Waals surface area contributed by atoms with E-state index in [-0.39, 0.29) is 17.1 Å². The molecule has 2 aliphatic rings. The van der Waals surface area contributed by atoms with Gasteiger partial charge in [0.1, 0.15) is 6.07 Å². The van der Waals surface area contributed by atoms with Gasteiger partial charge in [-0.15, -0.1) is 0 Å². The summed E-state index contributed by atoms with van der Waals surface area (Å²) in [4.78, 5) is 13.9. The maximum Gasteiger partial charge on any atom is 0.354 e. The summed E-state index contributed by atoms with van der Waals surface area (Å²) in [6.45, 7) is 6.92. The molecule has 23 heavy (non-hydrogen) atoms. The summed E-state index contributed by atoms with van der Waals surface area (Å²) in [6, 6.07) is 2.17. The third-order valence-corrected chi connectivity index (χ3v) is 8.21. The summed E-state index contributed by atoms with van der Waals surface area (Å²) in [7, 11) is -1.74. The molecule has 1 saturated heterocycles. The van der Waals surface area contributed by atoms with Crippen molar-refractivity contribution in [3.05, 3.63) is 23.6 Å². The maximum absolute atomic E-state index is 12.4. The minimum atomic E-state index is -1.74. The number of ether oxygens (including phenoxy) is 2. The molecule has 0 N–H and O–H groups in total. The molecule has 0 radical (unpaired) electrons. The molecule has 0 bridgehead atoms. The average molecular weight is 335 g/mol. The molecule has 0 aromatic carbocycles. The second kappa shape index (κ2) is 7.37. The summed E-state index contributed by atoms with van der Waals surface area (Å²) in [5.41, 5.74) is -0.211. The van der Waals surface area contributed by atoms with Gasteiger partial charge in [0.05, 0.1) is 18.8 Å². The lowest BCUT2D eigenvalue weighted by atomic mass is 9.93. The van der Waals surface area contributed by atoms with Crippen molar-refractivity contribution in [1.29, 1.82) is 5.26 Å². The summed E-state index contributed by atoms with van der Waals surface area (Å²) in [6.07, 6.45) is 8.49. The van der Waals surface area contributed by atoms with Crippen molar-refractivity contribution in [2.24, 2.45) is 0 Å². The number of allylic oxidation sites excluding steroid dienone is 2. The average Bonchev–Trinajstić information content (AvgIpc) is 2.57. The number of carbonyl (C=O) groups is 1. The number of nitriles is 1. The molecule has 0 spiro atoms. The van der Waals surface area contributed by atoms with Crippen molar-refractivity contribution in [2.45, 2.75) is 45.6 Å². The number of nitrogens with zero attached hydrogens (tertiary/aromatic N) is 1. The SMILES string of the molecule is CCOC(=O)C(C#N)=S1(=C2CCOC(C)(CC)C2)C=CC=CC1. The molecule has 0 saturated carbocycles. The number of hydrogen-bond donors (Lipinski definition) is 0. The van der Waals surface area contributed by atoms with Crippen molar-refractivity contribution < 1.29 is 14.3 Å². The van der Waals surface area contributed by atoms with E-state index >= 15 is 0 Å². The fourth-order valence-electron chi connectivity index (χ4n) is 3.01. The molecular weight excluding hydrogens is 310 g/mol. The second-order valence-corrected chi connectivity index (χ2v) is 9.17. The van der Waals surface area contributed by atoms with Crippen LogP contribution in [0.3, 0.4) is 0 Å². The van der Waals surface area contributed by atoms with Crippen LogP contribution in [0.2, 0.25) is 0 Å². The second-order valence-electron chi connectivity index (χ2n) is 6.00. The molecular formula is C18H25NO3S. The van der Waals surface area contributed by atoms with Crippen LogP contribution in [0.5, 0.6) is 0 Å². The van der Waals surface area contributed by atoms with Crippen LogP contribution in [0, 0.1) is 11.3 Å². The normalized spacial score (nSPS) is 29.9. The van der Waals surface area contributed by atoms with Crippen LogP contribution in [0.1, 0.15) is 40.0 Å². The first-order chi connectivity index (χ1) is 11.0. The maximum atomic E-state index is 12.4. The highest BCUT2D eigenvalue weighted by Crippen LogP contribution is 2.40. The number of hydrogen-bond acceptors (Lipinski definition) is 4. The van der Waals surface area contributed by atoms with E-state index in [2.05, 4.69) is 31.4 Å². The molecule has 0 aliphatic carbocycles. The Labute approximate surface area is 139 Å². The van der Waals surface area contributed by atoms with Gasteiger partial charge < -0.3 is 9.47 Å². The third-order valence-electron chi connectivity index (χ3n) is 4.51. The Morgan fingerprint density at radius 1 is 1.48 bits per heavy atom. The highest BCUT2D eigenvalue weighted by Gasteiger charge is 2.32. The van der Waals surface area contributed by atoms with Crippen molar-refractivity contribution in [3.8, 4) is 6.07 Å². The summed E-state index contributed by atoms with van der Waals surface area (Å²) < 4.78 is 11.1. The predicted octanol–water partition coefficient (Wildman–Crippen LogP) is 3.29. The zero-order valence-corrected chi connectivity index (χ0v) is 14.9. The lowest BCUT2D eigenvalue weighted by Gasteiger charge is -2.37. The van der Waals surface area contributed by atoms with Crippen LogP contribution in [-0.2, 0) is 14.3 Å². The molecule has 2 rings (SSSR count). The van der Waals surface area contributed by atoms with Crippen LogP contribution in [0.4, 0.5) is 0 Å². The lowest BCUT2D eigenvalue weighted by Crippen LogP contribution is -2.37. The highest BCUT2D eigenvalue weighted by molar-refractivity contribution is 8.34. The fraction of sp³-hybridized carbons (Fsp3) is 0.556. The van der Waals surface area contributed by atoms with Crippen molar-refractivity contribution in [1.82, 2.24) is 0 Å². The fourth-order valence-corrected chi connectivity index (χ4v) is 6.44. The van der Waals surface area contributed by atoms with Gasteiger partial charge in [-0.25, -0.2) is 4.79 Å². The zero-order valence-electron chi connectivity index (χ0n) is 14.1. The Morgan fingerprint density at radius 3 is 2.83 bits per heavy atom. The zero-order chi connectivity index (χ0) is 16.9. The van der Waals surface area contributed by atoms with Crippen LogP contribution in [0.15, 0.2) is 23.6 Å². The smallest absolute Gasteiger partial charge is 0.354 e. The van der Waals surface area contributed by atoms with Crippen LogP contribution in [0.25, 0.3) is 0 Å². The molecule has 2 unspecified atom stereocenters. The first kappa shape index (κ1) is 17.8. The molecule has 4 nitrogen and oxygen atoms in total. The highest BCUT2D eigenvalue weighted by atomic mass is 32.2. The monoisotopic (exact) mass is 335 g/mol. The Balaban J connectivity index is 2.72. The Hall–Kier alpha value is -1.51. The summed E-state index contributed by atoms with van der Waals surface area (Å²) in [5, 5.41) is 11.8. The Morgan fingerprint density at radius 2 is 2.26 bits per heavy atom. The van der Waals surface area contributed by atoms with Crippen LogP contribution >= 0.6 is 9.21 Å². The standard InChI is InChI=1S/C18H25NO3S/c1-4-18(3)13-15(9-10-22-18)23(11-7-6-8-12-23)16(14-19)17(20)21-5-2/h6-8,11H,4-5,9-10,12-13H2,1-3H3. The van der Waals surface area contributed by atoms with E-state index in [1.165, 1.54) is 4.86 Å². The predicted molar refractivity (Wildman–Crippen MR) is 96.9 cm³/mol. The lowest BCUT2D eigenvalue weighted by molar-refractivity contribution is -0.134. The van der Waals surface area contributed by atoms with E-state index in [9.17, 15) is 10.1 Å². The van der Waals surface area contributed by atoms with Gasteiger partial charge in [-0.2, -0.15) is 14.5 Å². The third kappa shape index (κ3) is 3.54. The van der Waals surface area contributed by atoms with Crippen molar-refractivity contribution >= 4 is 24.9 Å². The minimum Gasteiger partial charge on any atom is -0.462 e. The van der Waals surface area contributed by atoms with E-state index in [1.807, 2.05) is 12.2 Å². The van der Waals surface area contributed by atoms with Crippen molar-refractivity contribution in [3.63, 3.8) is 0 Å². The molecule has 0 amide bonds.